The second-order valence-corrected chi connectivity index (χ2v) is 4.97. The molecule has 1 N–H and O–H groups in total. The Hall–Kier alpha value is -0.800. The molecular formula is C13H22N2O. The molecule has 0 amide bonds. The number of furan rings is 1. The van der Waals surface area contributed by atoms with Gasteiger partial charge in [-0.2, -0.15) is 0 Å². The van der Waals surface area contributed by atoms with Crippen LogP contribution in [0.5, 0.6) is 0 Å². The zero-order valence-electron chi connectivity index (χ0n) is 10.3. The van der Waals surface area contributed by atoms with E-state index in [1.807, 2.05) is 12.3 Å². The van der Waals surface area contributed by atoms with Crippen molar-refractivity contribution < 1.29 is 4.42 Å². The Kier molecular flexibility index (Phi) is 4.02. The van der Waals surface area contributed by atoms with E-state index in [-0.39, 0.29) is 0 Å². The molecule has 3 heteroatoms. The second-order valence-electron chi connectivity index (χ2n) is 4.97. The summed E-state index contributed by atoms with van der Waals surface area (Å²) < 4.78 is 5.06. The van der Waals surface area contributed by atoms with Gasteiger partial charge >= 0.3 is 0 Å². The van der Waals surface area contributed by atoms with Gasteiger partial charge in [0.2, 0.25) is 0 Å². The Balaban J connectivity index is 1.76. The topological polar surface area (TPSA) is 28.4 Å². The van der Waals surface area contributed by atoms with Gasteiger partial charge in [0.05, 0.1) is 12.5 Å². The second kappa shape index (κ2) is 5.51. The smallest absolute Gasteiger partial charge is 0.0947 e. The molecule has 16 heavy (non-hydrogen) atoms. The van der Waals surface area contributed by atoms with E-state index in [0.29, 0.717) is 6.04 Å². The van der Waals surface area contributed by atoms with Crippen LogP contribution in [-0.2, 0) is 6.54 Å². The zero-order chi connectivity index (χ0) is 11.4. The van der Waals surface area contributed by atoms with Gasteiger partial charge < -0.3 is 14.6 Å². The zero-order valence-corrected chi connectivity index (χ0v) is 10.3. The highest BCUT2D eigenvalue weighted by atomic mass is 16.3. The molecule has 0 saturated carbocycles. The van der Waals surface area contributed by atoms with Gasteiger partial charge in [-0.3, -0.25) is 0 Å². The Morgan fingerprint density at radius 2 is 2.50 bits per heavy atom. The molecule has 0 aliphatic carbocycles. The van der Waals surface area contributed by atoms with Crippen molar-refractivity contribution in [1.29, 1.82) is 0 Å². The summed E-state index contributed by atoms with van der Waals surface area (Å²) in [6.45, 7) is 5.69. The molecule has 2 unspecified atom stereocenters. The van der Waals surface area contributed by atoms with Crippen molar-refractivity contribution in [3.8, 4) is 0 Å². The average molecular weight is 222 g/mol. The van der Waals surface area contributed by atoms with Crippen LogP contribution in [-0.4, -0.2) is 31.1 Å². The molecule has 2 atom stereocenters. The van der Waals surface area contributed by atoms with Crippen LogP contribution in [0.4, 0.5) is 0 Å². The van der Waals surface area contributed by atoms with E-state index < -0.39 is 0 Å². The Labute approximate surface area is 97.8 Å². The minimum absolute atomic E-state index is 0.581. The van der Waals surface area contributed by atoms with Gasteiger partial charge in [-0.1, -0.05) is 0 Å². The maximum Gasteiger partial charge on any atom is 0.0947 e. The molecule has 0 aromatic carbocycles. The van der Waals surface area contributed by atoms with E-state index in [9.17, 15) is 0 Å². The molecule has 2 rings (SSSR count). The monoisotopic (exact) mass is 222 g/mol. The summed E-state index contributed by atoms with van der Waals surface area (Å²) in [5.74, 6) is 0.783. The Morgan fingerprint density at radius 3 is 3.19 bits per heavy atom. The summed E-state index contributed by atoms with van der Waals surface area (Å²) in [5, 5.41) is 3.59. The van der Waals surface area contributed by atoms with Gasteiger partial charge in [0.25, 0.3) is 0 Å². The fraction of sp³-hybridized carbons (Fsp3) is 0.692. The van der Waals surface area contributed by atoms with Crippen molar-refractivity contribution in [1.82, 2.24) is 10.2 Å². The molecule has 2 heterocycles. The first-order valence-electron chi connectivity index (χ1n) is 6.18. The normalized spacial score (nSPS) is 24.5. The van der Waals surface area contributed by atoms with Crippen molar-refractivity contribution in [2.24, 2.45) is 5.92 Å². The van der Waals surface area contributed by atoms with Crippen LogP contribution in [0.1, 0.15) is 25.3 Å². The lowest BCUT2D eigenvalue weighted by Gasteiger charge is -2.33. The number of hydrogen-bond donors (Lipinski definition) is 1. The summed E-state index contributed by atoms with van der Waals surface area (Å²) in [5.41, 5.74) is 1.23. The van der Waals surface area contributed by atoms with E-state index in [4.69, 9.17) is 4.42 Å². The average Bonchev–Trinajstić information content (AvgIpc) is 2.78. The molecule has 1 fully saturated rings. The number of nitrogens with one attached hydrogen (secondary N) is 1. The first kappa shape index (κ1) is 11.7. The number of hydrogen-bond acceptors (Lipinski definition) is 3. The predicted octanol–water partition coefficient (Wildman–Crippen LogP) is 2.10. The van der Waals surface area contributed by atoms with Gasteiger partial charge in [0, 0.05) is 24.7 Å². The SMILES string of the molecule is CC(NCc1ccoc1)C1CCCN(C)C1. The van der Waals surface area contributed by atoms with Crippen molar-refractivity contribution in [3.05, 3.63) is 24.2 Å². The van der Waals surface area contributed by atoms with Gasteiger partial charge in [-0.25, -0.2) is 0 Å². The van der Waals surface area contributed by atoms with Crippen LogP contribution in [0, 0.1) is 5.92 Å². The van der Waals surface area contributed by atoms with E-state index in [1.165, 1.54) is 31.5 Å². The van der Waals surface area contributed by atoms with Crippen molar-refractivity contribution in [2.45, 2.75) is 32.4 Å². The minimum atomic E-state index is 0.581. The summed E-state index contributed by atoms with van der Waals surface area (Å²) in [7, 11) is 2.22. The molecule has 1 saturated heterocycles. The molecule has 1 aliphatic rings. The van der Waals surface area contributed by atoms with Crippen LogP contribution >= 0.6 is 0 Å². The first-order chi connectivity index (χ1) is 7.75. The largest absolute Gasteiger partial charge is 0.472 e. The number of nitrogens with zero attached hydrogens (tertiary/aromatic N) is 1. The van der Waals surface area contributed by atoms with E-state index in [0.717, 1.165) is 12.5 Å². The van der Waals surface area contributed by atoms with Gasteiger partial charge in [0.1, 0.15) is 0 Å². The molecule has 1 aliphatic heterocycles. The molecule has 1 aromatic heterocycles. The fourth-order valence-corrected chi connectivity index (χ4v) is 2.45. The molecule has 1 aromatic rings. The third kappa shape index (κ3) is 3.09. The number of rotatable bonds is 4. The highest BCUT2D eigenvalue weighted by molar-refractivity contribution is 5.04. The summed E-state index contributed by atoms with van der Waals surface area (Å²) in [6, 6.07) is 2.60. The van der Waals surface area contributed by atoms with Gasteiger partial charge in [0.15, 0.2) is 0 Å². The fourth-order valence-electron chi connectivity index (χ4n) is 2.45. The van der Waals surface area contributed by atoms with Crippen LogP contribution in [0.2, 0.25) is 0 Å². The molecule has 0 spiro atoms. The summed E-state index contributed by atoms with van der Waals surface area (Å²) in [6.07, 6.45) is 6.23. The molecule has 0 radical (unpaired) electrons. The van der Waals surface area contributed by atoms with Crippen molar-refractivity contribution in [3.63, 3.8) is 0 Å². The van der Waals surface area contributed by atoms with Crippen LogP contribution in [0.25, 0.3) is 0 Å². The molecule has 3 nitrogen and oxygen atoms in total. The lowest BCUT2D eigenvalue weighted by molar-refractivity contribution is 0.178. The van der Waals surface area contributed by atoms with Gasteiger partial charge in [-0.05, 0) is 45.3 Å². The van der Waals surface area contributed by atoms with E-state index in [1.54, 1.807) is 6.26 Å². The molecular weight excluding hydrogens is 200 g/mol. The third-order valence-electron chi connectivity index (χ3n) is 3.58. The maximum atomic E-state index is 5.06. The van der Waals surface area contributed by atoms with E-state index in [2.05, 4.69) is 24.2 Å². The third-order valence-corrected chi connectivity index (χ3v) is 3.58. The Bertz CT molecular complexity index is 297. The Morgan fingerprint density at radius 1 is 1.62 bits per heavy atom. The van der Waals surface area contributed by atoms with Crippen LogP contribution in [0.3, 0.4) is 0 Å². The maximum absolute atomic E-state index is 5.06. The van der Waals surface area contributed by atoms with Crippen LogP contribution < -0.4 is 5.32 Å². The quantitative estimate of drug-likeness (QED) is 0.845. The minimum Gasteiger partial charge on any atom is -0.472 e. The summed E-state index contributed by atoms with van der Waals surface area (Å²) >= 11 is 0. The van der Waals surface area contributed by atoms with Crippen molar-refractivity contribution >= 4 is 0 Å². The highest BCUT2D eigenvalue weighted by Crippen LogP contribution is 2.18. The van der Waals surface area contributed by atoms with Crippen molar-refractivity contribution in [2.75, 3.05) is 20.1 Å². The molecule has 90 valence electrons. The predicted molar refractivity (Wildman–Crippen MR) is 65.2 cm³/mol. The lowest BCUT2D eigenvalue weighted by Crippen LogP contribution is -2.42. The molecule has 0 bridgehead atoms. The lowest BCUT2D eigenvalue weighted by atomic mass is 9.92. The summed E-state index contributed by atoms with van der Waals surface area (Å²) in [4.78, 5) is 2.43. The van der Waals surface area contributed by atoms with Crippen LogP contribution in [0.15, 0.2) is 23.0 Å². The highest BCUT2D eigenvalue weighted by Gasteiger charge is 2.22. The number of piperidine rings is 1. The standard InChI is InChI=1S/C13H22N2O/c1-11(13-4-3-6-15(2)9-13)14-8-12-5-7-16-10-12/h5,7,10-11,13-14H,3-4,6,8-9H2,1-2H3. The number of likely N-dealkylation sites (tertiary alicyclic amines) is 1. The first-order valence-corrected chi connectivity index (χ1v) is 6.18. The van der Waals surface area contributed by atoms with E-state index >= 15 is 0 Å². The van der Waals surface area contributed by atoms with Gasteiger partial charge in [-0.15, -0.1) is 0 Å².